The van der Waals surface area contributed by atoms with Crippen molar-refractivity contribution in [2.24, 2.45) is 0 Å². The number of nitrogens with zero attached hydrogens (tertiary/aromatic N) is 4. The molecule has 0 radical (unpaired) electrons. The van der Waals surface area contributed by atoms with Crippen molar-refractivity contribution < 1.29 is 14.4 Å². The minimum Gasteiger partial charge on any atom is -0.479 e. The van der Waals surface area contributed by atoms with Crippen molar-refractivity contribution in [2.45, 2.75) is 25.9 Å². The Morgan fingerprint density at radius 1 is 1.54 bits per heavy atom. The molecule has 0 aliphatic carbocycles. The SMILES string of the molecule is C=CCn1c(=O)nc(NC(C)CCO)c2[nH]c(-c3cc(OC)no3)nc21. The second-order valence-electron chi connectivity index (χ2n) is 5.72. The van der Waals surface area contributed by atoms with Crippen LogP contribution in [0.4, 0.5) is 5.82 Å². The van der Waals surface area contributed by atoms with Crippen LogP contribution in [-0.2, 0) is 6.54 Å². The summed E-state index contributed by atoms with van der Waals surface area (Å²) in [5, 5.41) is 16.0. The van der Waals surface area contributed by atoms with Crippen molar-refractivity contribution in [3.8, 4) is 17.5 Å². The molecule has 0 bridgehead atoms. The second kappa shape index (κ2) is 7.40. The minimum atomic E-state index is -0.454. The van der Waals surface area contributed by atoms with Crippen LogP contribution in [0, 0.1) is 0 Å². The summed E-state index contributed by atoms with van der Waals surface area (Å²) >= 11 is 0. The predicted octanol–water partition coefficient (Wildman–Crippen LogP) is 1.15. The van der Waals surface area contributed by atoms with Crippen molar-refractivity contribution in [2.75, 3.05) is 19.0 Å². The van der Waals surface area contributed by atoms with Gasteiger partial charge in [-0.1, -0.05) is 6.08 Å². The van der Waals surface area contributed by atoms with Gasteiger partial charge in [0.05, 0.1) is 13.2 Å². The highest BCUT2D eigenvalue weighted by molar-refractivity contribution is 5.85. The lowest BCUT2D eigenvalue weighted by atomic mass is 10.2. The van der Waals surface area contributed by atoms with Gasteiger partial charge in [0.1, 0.15) is 5.52 Å². The zero-order valence-corrected chi connectivity index (χ0v) is 14.5. The Kier molecular flexibility index (Phi) is 5.03. The summed E-state index contributed by atoms with van der Waals surface area (Å²) in [6.07, 6.45) is 2.11. The Morgan fingerprint density at radius 3 is 3.00 bits per heavy atom. The van der Waals surface area contributed by atoms with Crippen LogP contribution in [0.3, 0.4) is 0 Å². The minimum absolute atomic E-state index is 0.0247. The highest BCUT2D eigenvalue weighted by atomic mass is 16.5. The fourth-order valence-electron chi connectivity index (χ4n) is 2.51. The molecule has 3 aromatic heterocycles. The number of hydrogen-bond donors (Lipinski definition) is 3. The molecule has 10 heteroatoms. The highest BCUT2D eigenvalue weighted by Gasteiger charge is 2.19. The molecule has 3 aromatic rings. The van der Waals surface area contributed by atoms with Crippen LogP contribution < -0.4 is 15.7 Å². The van der Waals surface area contributed by atoms with E-state index in [0.29, 0.717) is 40.9 Å². The number of imidazole rings is 1. The van der Waals surface area contributed by atoms with Crippen molar-refractivity contribution in [3.05, 3.63) is 29.2 Å². The summed E-state index contributed by atoms with van der Waals surface area (Å²) < 4.78 is 11.6. The smallest absolute Gasteiger partial charge is 0.351 e. The number of aromatic amines is 1. The fraction of sp³-hybridized carbons (Fsp3) is 0.375. The van der Waals surface area contributed by atoms with Crippen molar-refractivity contribution in [3.63, 3.8) is 0 Å². The quantitative estimate of drug-likeness (QED) is 0.510. The van der Waals surface area contributed by atoms with Gasteiger partial charge in [-0.15, -0.1) is 6.58 Å². The van der Waals surface area contributed by atoms with Crippen LogP contribution in [0.25, 0.3) is 22.7 Å². The summed E-state index contributed by atoms with van der Waals surface area (Å²) in [7, 11) is 1.48. The molecule has 3 rings (SSSR count). The average Bonchev–Trinajstić information content (AvgIpc) is 3.25. The van der Waals surface area contributed by atoms with E-state index in [-0.39, 0.29) is 19.2 Å². The van der Waals surface area contributed by atoms with Gasteiger partial charge >= 0.3 is 5.69 Å². The first-order chi connectivity index (χ1) is 12.6. The standard InChI is InChI=1S/C16H20N6O4/c1-4-6-22-15-12(14(20-16(22)24)17-9(2)5-7-23)18-13(19-15)10-8-11(25-3)21-26-10/h4,8-9,23H,1,5-7H2,2-3H3,(H,18,19)(H,17,20,24). The summed E-state index contributed by atoms with van der Waals surface area (Å²) in [6.45, 7) is 5.84. The molecule has 3 heterocycles. The molecule has 26 heavy (non-hydrogen) atoms. The van der Waals surface area contributed by atoms with Crippen LogP contribution in [0.5, 0.6) is 5.88 Å². The number of ether oxygens (including phenoxy) is 1. The molecule has 0 spiro atoms. The lowest BCUT2D eigenvalue weighted by molar-refractivity contribution is 0.282. The molecular weight excluding hydrogens is 340 g/mol. The van der Waals surface area contributed by atoms with Crippen molar-refractivity contribution >= 4 is 17.0 Å². The number of hydrogen-bond acceptors (Lipinski definition) is 8. The molecule has 3 N–H and O–H groups in total. The molecular formula is C16H20N6O4. The topological polar surface area (TPSA) is 131 Å². The zero-order chi connectivity index (χ0) is 18.7. The van der Waals surface area contributed by atoms with Gasteiger partial charge in [0.25, 0.3) is 5.88 Å². The third-order valence-corrected chi connectivity index (χ3v) is 3.80. The first kappa shape index (κ1) is 17.7. The molecule has 1 atom stereocenters. The van der Waals surface area contributed by atoms with Crippen LogP contribution in [0.1, 0.15) is 13.3 Å². The van der Waals surface area contributed by atoms with E-state index in [1.54, 1.807) is 12.1 Å². The van der Waals surface area contributed by atoms with Gasteiger partial charge in [-0.05, 0) is 18.5 Å². The van der Waals surface area contributed by atoms with Gasteiger partial charge in [-0.3, -0.25) is 4.57 Å². The third-order valence-electron chi connectivity index (χ3n) is 3.80. The lowest BCUT2D eigenvalue weighted by Gasteiger charge is -2.14. The number of aromatic nitrogens is 5. The number of H-pyrrole nitrogens is 1. The molecule has 0 aliphatic heterocycles. The fourth-order valence-corrected chi connectivity index (χ4v) is 2.51. The number of nitrogens with one attached hydrogen (secondary N) is 2. The molecule has 0 saturated carbocycles. The molecule has 0 aromatic carbocycles. The van der Waals surface area contributed by atoms with E-state index >= 15 is 0 Å². The van der Waals surface area contributed by atoms with Gasteiger partial charge in [-0.25, -0.2) is 9.78 Å². The summed E-state index contributed by atoms with van der Waals surface area (Å²) in [5.41, 5.74) is 0.500. The normalized spacial score (nSPS) is 12.3. The predicted molar refractivity (Wildman–Crippen MR) is 95.2 cm³/mol. The highest BCUT2D eigenvalue weighted by Crippen LogP contribution is 2.26. The zero-order valence-electron chi connectivity index (χ0n) is 14.5. The second-order valence-corrected chi connectivity index (χ2v) is 5.72. The van der Waals surface area contributed by atoms with Gasteiger partial charge in [0.15, 0.2) is 17.3 Å². The molecule has 0 saturated heterocycles. The molecule has 138 valence electrons. The largest absolute Gasteiger partial charge is 0.479 e. The Labute approximate surface area is 148 Å². The van der Waals surface area contributed by atoms with E-state index in [4.69, 9.17) is 14.4 Å². The molecule has 0 amide bonds. The number of anilines is 1. The van der Waals surface area contributed by atoms with Crippen LogP contribution in [0.2, 0.25) is 0 Å². The van der Waals surface area contributed by atoms with Gasteiger partial charge in [-0.2, -0.15) is 4.98 Å². The molecule has 10 nitrogen and oxygen atoms in total. The van der Waals surface area contributed by atoms with E-state index < -0.39 is 5.69 Å². The Hall–Kier alpha value is -3.14. The van der Waals surface area contributed by atoms with Crippen LogP contribution >= 0.6 is 0 Å². The van der Waals surface area contributed by atoms with Crippen LogP contribution in [-0.4, -0.2) is 49.5 Å². The Morgan fingerprint density at radius 2 is 2.35 bits per heavy atom. The van der Waals surface area contributed by atoms with Crippen LogP contribution in [0.15, 0.2) is 28.0 Å². The summed E-state index contributed by atoms with van der Waals surface area (Å²) in [4.78, 5) is 24.1. The number of methoxy groups -OCH3 is 1. The van der Waals surface area contributed by atoms with E-state index in [1.807, 2.05) is 6.92 Å². The van der Waals surface area contributed by atoms with E-state index in [2.05, 4.69) is 32.0 Å². The summed E-state index contributed by atoms with van der Waals surface area (Å²) in [5.74, 6) is 1.43. The lowest BCUT2D eigenvalue weighted by Crippen LogP contribution is -2.26. The first-order valence-electron chi connectivity index (χ1n) is 8.07. The number of aliphatic hydroxyl groups is 1. The summed E-state index contributed by atoms with van der Waals surface area (Å²) in [6, 6.07) is 1.50. The number of allylic oxidation sites excluding steroid dienone is 1. The number of aliphatic hydroxyl groups excluding tert-OH is 1. The van der Waals surface area contributed by atoms with Crippen molar-refractivity contribution in [1.82, 2.24) is 24.7 Å². The van der Waals surface area contributed by atoms with E-state index in [1.165, 1.54) is 11.7 Å². The van der Waals surface area contributed by atoms with Gasteiger partial charge < -0.3 is 24.7 Å². The molecule has 0 fully saturated rings. The van der Waals surface area contributed by atoms with E-state index in [0.717, 1.165) is 0 Å². The Bertz CT molecular complexity index is 973. The number of rotatable bonds is 8. The monoisotopic (exact) mass is 360 g/mol. The van der Waals surface area contributed by atoms with Crippen molar-refractivity contribution in [1.29, 1.82) is 0 Å². The maximum absolute atomic E-state index is 12.4. The maximum Gasteiger partial charge on any atom is 0.351 e. The first-order valence-corrected chi connectivity index (χ1v) is 8.07. The molecule has 1 unspecified atom stereocenters. The molecule has 0 aliphatic rings. The Balaban J connectivity index is 2.14. The third kappa shape index (κ3) is 3.31. The van der Waals surface area contributed by atoms with Gasteiger partial charge in [0.2, 0.25) is 5.76 Å². The van der Waals surface area contributed by atoms with E-state index in [9.17, 15) is 4.79 Å². The maximum atomic E-state index is 12.4. The average molecular weight is 360 g/mol. The van der Waals surface area contributed by atoms with Gasteiger partial charge in [0, 0.05) is 19.2 Å². The number of fused-ring (bicyclic) bond motifs is 1.